The molecule has 1 aliphatic heterocycles. The molecule has 0 saturated heterocycles. The second kappa shape index (κ2) is 11.5. The highest BCUT2D eigenvalue weighted by Gasteiger charge is 2.18. The standard InChI is InChI=1S/C25H30N4O6S2/c30-36(31,32)18-3-1-16-28-22(10-8-20-12-14-26-24(20)28)6-5-7-23-11-9-21-13-15-27-25(21)29(23)17-2-4-19-37(33,34)35/h5-15H,1-4,16-19H2,(H3,26,27,30,31,32,33,34,35)/p-1. The molecule has 198 valence electrons. The molecule has 0 spiro atoms. The Morgan fingerprint density at radius 1 is 0.865 bits per heavy atom. The molecule has 2 N–H and O–H groups in total. The molecule has 4 heterocycles. The zero-order valence-electron chi connectivity index (χ0n) is 20.2. The summed E-state index contributed by atoms with van der Waals surface area (Å²) >= 11 is 0. The lowest BCUT2D eigenvalue weighted by atomic mass is 10.1. The number of nitrogens with zero attached hydrogens (tertiary/aromatic N) is 2. The van der Waals surface area contributed by atoms with Crippen LogP contribution in [0.4, 0.5) is 5.82 Å². The summed E-state index contributed by atoms with van der Waals surface area (Å²) in [5, 5.41) is 1.02. The predicted octanol–water partition coefficient (Wildman–Crippen LogP) is 2.86. The molecule has 1 aliphatic rings. The minimum absolute atomic E-state index is 0.287. The Labute approximate surface area is 216 Å². The molecule has 12 heteroatoms. The van der Waals surface area contributed by atoms with Crippen LogP contribution in [0.3, 0.4) is 0 Å². The maximum absolute atomic E-state index is 10.9. The molecule has 37 heavy (non-hydrogen) atoms. The molecule has 0 saturated carbocycles. The van der Waals surface area contributed by atoms with Gasteiger partial charge in [0.2, 0.25) is 0 Å². The zero-order valence-corrected chi connectivity index (χ0v) is 21.8. The molecule has 0 fully saturated rings. The first-order valence-electron chi connectivity index (χ1n) is 12.0. The summed E-state index contributed by atoms with van der Waals surface area (Å²) in [6.45, 7) is 1.09. The van der Waals surface area contributed by atoms with Gasteiger partial charge in [0.1, 0.15) is 11.5 Å². The molecule has 0 atom stereocenters. The minimum atomic E-state index is -4.23. The van der Waals surface area contributed by atoms with Crippen LogP contribution in [0.5, 0.6) is 0 Å². The topological polar surface area (TPSA) is 153 Å². The molecular formula is C25H29N4O6S2-. The average molecular weight is 546 g/mol. The van der Waals surface area contributed by atoms with E-state index < -0.39 is 20.2 Å². The van der Waals surface area contributed by atoms with Crippen molar-refractivity contribution in [2.75, 3.05) is 23.0 Å². The lowest BCUT2D eigenvalue weighted by Crippen LogP contribution is -2.38. The van der Waals surface area contributed by atoms with Crippen LogP contribution in [-0.2, 0) is 26.8 Å². The van der Waals surface area contributed by atoms with Crippen LogP contribution < -0.4 is 9.47 Å². The van der Waals surface area contributed by atoms with E-state index in [1.54, 1.807) is 0 Å². The highest BCUT2D eigenvalue weighted by atomic mass is 32.2. The van der Waals surface area contributed by atoms with E-state index in [0.717, 1.165) is 33.8 Å². The molecule has 10 nitrogen and oxygen atoms in total. The van der Waals surface area contributed by atoms with Crippen molar-refractivity contribution in [3.05, 3.63) is 71.8 Å². The van der Waals surface area contributed by atoms with Gasteiger partial charge in [-0.3, -0.25) is 0 Å². The summed E-state index contributed by atoms with van der Waals surface area (Å²) in [4.78, 5) is 8.51. The largest absolute Gasteiger partial charge is 0.748 e. The number of allylic oxidation sites excluding steroid dienone is 3. The van der Waals surface area contributed by atoms with Crippen LogP contribution in [0.25, 0.3) is 23.2 Å². The van der Waals surface area contributed by atoms with Crippen molar-refractivity contribution in [1.29, 1.82) is 0 Å². The maximum Gasteiger partial charge on any atom is 0.286 e. The number of pyridine rings is 1. The first kappa shape index (κ1) is 26.9. The molecule has 0 unspecified atom stereocenters. The van der Waals surface area contributed by atoms with Gasteiger partial charge in [0.25, 0.3) is 5.65 Å². The summed E-state index contributed by atoms with van der Waals surface area (Å²) in [5.41, 5.74) is 3.74. The van der Waals surface area contributed by atoms with Gasteiger partial charge in [-0.25, -0.2) is 26.4 Å². The molecule has 3 aromatic heterocycles. The normalized spacial score (nSPS) is 15.3. The fraction of sp³-hybridized carbons (Fsp3) is 0.320. The number of aromatic amines is 2. The van der Waals surface area contributed by atoms with Crippen LogP contribution in [0.2, 0.25) is 0 Å². The molecule has 0 aliphatic carbocycles. The van der Waals surface area contributed by atoms with E-state index in [2.05, 4.69) is 19.4 Å². The van der Waals surface area contributed by atoms with Crippen molar-refractivity contribution >= 4 is 49.2 Å². The van der Waals surface area contributed by atoms with E-state index in [0.29, 0.717) is 25.9 Å². The number of anilines is 1. The summed E-state index contributed by atoms with van der Waals surface area (Å²) in [6.07, 6.45) is 15.2. The van der Waals surface area contributed by atoms with E-state index in [1.165, 1.54) is 0 Å². The van der Waals surface area contributed by atoms with Crippen LogP contribution in [0.15, 0.2) is 60.6 Å². The summed E-state index contributed by atoms with van der Waals surface area (Å²) in [5.74, 6) is 0.146. The second-order valence-electron chi connectivity index (χ2n) is 8.85. The number of H-pyrrole nitrogens is 2. The summed E-state index contributed by atoms with van der Waals surface area (Å²) < 4.78 is 67.7. The molecule has 0 radical (unpaired) electrons. The number of fused-ring (bicyclic) bond motifs is 2. The number of aryl methyl sites for hydroxylation is 1. The SMILES string of the molecule is O=S(=O)([O-])CCCCN1/C(=C/C=Cc2ccc3cc[nH]c3[n+]2CCCCS(=O)(=O)[O-])C=Cc2cc[nH]c21. The Bertz CT molecular complexity index is 1550. The van der Waals surface area contributed by atoms with Crippen molar-refractivity contribution in [2.45, 2.75) is 32.2 Å². The molecular weight excluding hydrogens is 516 g/mol. The van der Waals surface area contributed by atoms with E-state index >= 15 is 0 Å². The van der Waals surface area contributed by atoms with Crippen LogP contribution in [0, 0.1) is 0 Å². The van der Waals surface area contributed by atoms with Gasteiger partial charge in [0.15, 0.2) is 0 Å². The first-order valence-corrected chi connectivity index (χ1v) is 15.1. The van der Waals surface area contributed by atoms with Crippen LogP contribution in [-0.4, -0.2) is 54.0 Å². The van der Waals surface area contributed by atoms with Crippen molar-refractivity contribution < 1.29 is 30.5 Å². The number of nitrogens with one attached hydrogen (secondary N) is 2. The molecule has 0 bridgehead atoms. The number of rotatable bonds is 12. The third kappa shape index (κ3) is 7.41. The second-order valence-corrected chi connectivity index (χ2v) is 11.9. The average Bonchev–Trinajstić information content (AvgIpc) is 3.49. The monoisotopic (exact) mass is 545 g/mol. The Hall–Kier alpha value is -3.19. The summed E-state index contributed by atoms with van der Waals surface area (Å²) in [7, 11) is -8.47. The third-order valence-electron chi connectivity index (χ3n) is 6.13. The van der Waals surface area contributed by atoms with Crippen LogP contribution in [0.1, 0.15) is 36.9 Å². The van der Waals surface area contributed by atoms with E-state index in [9.17, 15) is 25.9 Å². The van der Waals surface area contributed by atoms with Crippen LogP contribution >= 0.6 is 0 Å². The Kier molecular flexibility index (Phi) is 8.32. The molecule has 4 rings (SSSR count). The Balaban J connectivity index is 1.52. The Morgan fingerprint density at radius 3 is 2.35 bits per heavy atom. The van der Waals surface area contributed by atoms with E-state index in [1.807, 2.05) is 67.0 Å². The maximum atomic E-state index is 10.9. The van der Waals surface area contributed by atoms with E-state index in [-0.39, 0.29) is 24.3 Å². The van der Waals surface area contributed by atoms with Gasteiger partial charge in [-0.2, -0.15) is 0 Å². The predicted molar refractivity (Wildman–Crippen MR) is 140 cm³/mol. The summed E-state index contributed by atoms with van der Waals surface area (Å²) in [6, 6.07) is 7.90. The van der Waals surface area contributed by atoms with Crippen molar-refractivity contribution in [1.82, 2.24) is 9.97 Å². The minimum Gasteiger partial charge on any atom is -0.748 e. The number of aromatic nitrogens is 3. The van der Waals surface area contributed by atoms with E-state index in [4.69, 9.17) is 0 Å². The van der Waals surface area contributed by atoms with Gasteiger partial charge in [0, 0.05) is 35.5 Å². The van der Waals surface area contributed by atoms with Crippen molar-refractivity contribution in [3.63, 3.8) is 0 Å². The van der Waals surface area contributed by atoms with Crippen molar-refractivity contribution in [2.24, 2.45) is 0 Å². The highest BCUT2D eigenvalue weighted by Crippen LogP contribution is 2.30. The number of hydrogen-bond acceptors (Lipinski definition) is 7. The molecule has 0 aromatic carbocycles. The molecule has 0 amide bonds. The fourth-order valence-electron chi connectivity index (χ4n) is 4.39. The van der Waals surface area contributed by atoms with Gasteiger partial charge >= 0.3 is 0 Å². The van der Waals surface area contributed by atoms with Gasteiger partial charge in [0.05, 0.1) is 38.4 Å². The smallest absolute Gasteiger partial charge is 0.286 e. The first-order chi connectivity index (χ1) is 17.6. The Morgan fingerprint density at radius 2 is 1.59 bits per heavy atom. The van der Waals surface area contributed by atoms with Gasteiger partial charge < -0.3 is 19.0 Å². The highest BCUT2D eigenvalue weighted by molar-refractivity contribution is 7.85. The third-order valence-corrected chi connectivity index (χ3v) is 7.71. The quantitative estimate of drug-likeness (QED) is 0.202. The lowest BCUT2D eigenvalue weighted by molar-refractivity contribution is -0.675. The lowest BCUT2D eigenvalue weighted by Gasteiger charge is -2.28. The number of unbranched alkanes of at least 4 members (excludes halogenated alkanes) is 2. The fourth-order valence-corrected chi connectivity index (χ4v) is 5.50. The number of hydrogen-bond donors (Lipinski definition) is 2. The molecule has 3 aromatic rings. The van der Waals surface area contributed by atoms with Gasteiger partial charge in [-0.15, -0.1) is 0 Å². The van der Waals surface area contributed by atoms with Crippen molar-refractivity contribution in [3.8, 4) is 0 Å². The zero-order chi connectivity index (χ0) is 26.5. The van der Waals surface area contributed by atoms with Gasteiger partial charge in [-0.05, 0) is 74.3 Å². The van der Waals surface area contributed by atoms with Gasteiger partial charge in [-0.1, -0.05) is 6.08 Å².